The quantitative estimate of drug-likeness (QED) is 0.626. The van der Waals surface area contributed by atoms with Crippen molar-refractivity contribution in [3.8, 4) is 16.9 Å². The molecule has 5 heteroatoms. The summed E-state index contributed by atoms with van der Waals surface area (Å²) in [6.45, 7) is 6.28. The minimum Gasteiger partial charge on any atom is -0.490 e. The maximum Gasteiger partial charge on any atom is 0.119 e. The first-order valence-electron chi connectivity index (χ1n) is 9.04. The van der Waals surface area contributed by atoms with E-state index in [1.165, 1.54) is 27.5 Å². The van der Waals surface area contributed by atoms with E-state index in [1.54, 1.807) is 0 Å². The molecule has 1 fully saturated rings. The van der Waals surface area contributed by atoms with E-state index in [9.17, 15) is 0 Å². The summed E-state index contributed by atoms with van der Waals surface area (Å²) in [4.78, 5) is 4.46. The lowest BCUT2D eigenvalue weighted by atomic mass is 9.99. The number of fused-ring (bicyclic) bond motifs is 1. The van der Waals surface area contributed by atoms with Crippen LogP contribution in [-0.2, 0) is 0 Å². The molecule has 1 aliphatic rings. The number of ether oxygens (including phenoxy) is 1. The van der Waals surface area contributed by atoms with Crippen LogP contribution in [0.5, 0.6) is 5.75 Å². The number of piperidine rings is 1. The topological polar surface area (TPSA) is 34.1 Å². The fourth-order valence-electron chi connectivity index (χ4n) is 3.53. The van der Waals surface area contributed by atoms with Gasteiger partial charge in [0.25, 0.3) is 0 Å². The highest BCUT2D eigenvalue weighted by Gasteiger charge is 2.14. The van der Waals surface area contributed by atoms with Crippen molar-refractivity contribution < 1.29 is 4.74 Å². The first-order chi connectivity index (χ1) is 12.2. The smallest absolute Gasteiger partial charge is 0.119 e. The number of nitrogens with zero attached hydrogens (tertiary/aromatic N) is 1. The standard InChI is InChI=1S/C22H24N2O.2ClH/c1-15-14-24-16(2)21-8-5-18(13-22(15)21)17-3-6-19(7-4-17)25-20-9-11-23-12-10-20;;/h3-8,13-14,20,23H,9-12H2,1-2H3;2*1H. The largest absolute Gasteiger partial charge is 0.490 e. The number of hydrogen-bond donors (Lipinski definition) is 1. The maximum absolute atomic E-state index is 6.10. The third-order valence-corrected chi connectivity index (χ3v) is 5.06. The van der Waals surface area contributed by atoms with Crippen LogP contribution < -0.4 is 10.1 Å². The molecule has 0 spiro atoms. The van der Waals surface area contributed by atoms with Crippen LogP contribution in [0.15, 0.2) is 48.7 Å². The molecule has 1 saturated heterocycles. The molecule has 4 rings (SSSR count). The molecule has 3 nitrogen and oxygen atoms in total. The van der Waals surface area contributed by atoms with E-state index in [0.29, 0.717) is 6.10 Å². The third kappa shape index (κ3) is 4.73. The molecule has 0 saturated carbocycles. The van der Waals surface area contributed by atoms with Gasteiger partial charge in [-0.15, -0.1) is 24.8 Å². The van der Waals surface area contributed by atoms with Crippen LogP contribution >= 0.6 is 24.8 Å². The van der Waals surface area contributed by atoms with Crippen LogP contribution in [0.25, 0.3) is 21.9 Å². The van der Waals surface area contributed by atoms with Crippen molar-refractivity contribution in [1.82, 2.24) is 10.3 Å². The predicted octanol–water partition coefficient (Wildman–Crippen LogP) is 5.49. The van der Waals surface area contributed by atoms with E-state index in [0.717, 1.165) is 37.4 Å². The minimum atomic E-state index is 0. The third-order valence-electron chi connectivity index (χ3n) is 5.06. The molecule has 27 heavy (non-hydrogen) atoms. The van der Waals surface area contributed by atoms with Gasteiger partial charge in [-0.1, -0.05) is 24.3 Å². The molecule has 0 aliphatic carbocycles. The number of aryl methyl sites for hydroxylation is 2. The van der Waals surface area contributed by atoms with Crippen LogP contribution in [0, 0.1) is 13.8 Å². The van der Waals surface area contributed by atoms with E-state index >= 15 is 0 Å². The Labute approximate surface area is 173 Å². The zero-order valence-corrected chi connectivity index (χ0v) is 17.3. The van der Waals surface area contributed by atoms with Gasteiger partial charge in [0.2, 0.25) is 0 Å². The minimum absolute atomic E-state index is 0. The van der Waals surface area contributed by atoms with Gasteiger partial charge in [-0.25, -0.2) is 0 Å². The summed E-state index contributed by atoms with van der Waals surface area (Å²) in [7, 11) is 0. The lowest BCUT2D eigenvalue weighted by molar-refractivity contribution is 0.162. The van der Waals surface area contributed by atoms with E-state index in [2.05, 4.69) is 66.6 Å². The summed E-state index contributed by atoms with van der Waals surface area (Å²) >= 11 is 0. The highest BCUT2D eigenvalue weighted by Crippen LogP contribution is 2.29. The normalized spacial score (nSPS) is 14.3. The maximum atomic E-state index is 6.10. The Morgan fingerprint density at radius 3 is 2.26 bits per heavy atom. The lowest BCUT2D eigenvalue weighted by Gasteiger charge is -2.23. The lowest BCUT2D eigenvalue weighted by Crippen LogP contribution is -2.34. The molecule has 2 aromatic carbocycles. The summed E-state index contributed by atoms with van der Waals surface area (Å²) in [6, 6.07) is 15.1. The van der Waals surface area contributed by atoms with Gasteiger partial charge >= 0.3 is 0 Å². The average Bonchev–Trinajstić information content (AvgIpc) is 2.66. The second-order valence-electron chi connectivity index (χ2n) is 6.88. The predicted molar refractivity (Wildman–Crippen MR) is 118 cm³/mol. The van der Waals surface area contributed by atoms with Gasteiger partial charge in [0, 0.05) is 17.3 Å². The van der Waals surface area contributed by atoms with Gasteiger partial charge in [-0.2, -0.15) is 0 Å². The Bertz CT molecular complexity index is 891. The molecule has 0 unspecified atom stereocenters. The van der Waals surface area contributed by atoms with Gasteiger partial charge in [0.1, 0.15) is 11.9 Å². The van der Waals surface area contributed by atoms with Gasteiger partial charge in [0.05, 0.1) is 0 Å². The number of benzene rings is 2. The summed E-state index contributed by atoms with van der Waals surface area (Å²) in [5.74, 6) is 0.965. The van der Waals surface area contributed by atoms with E-state index in [4.69, 9.17) is 4.74 Å². The molecule has 144 valence electrons. The van der Waals surface area contributed by atoms with E-state index < -0.39 is 0 Å². The molecular formula is C22H26Cl2N2O. The van der Waals surface area contributed by atoms with Gasteiger partial charge in [0.15, 0.2) is 0 Å². The van der Waals surface area contributed by atoms with Crippen LogP contribution in [0.2, 0.25) is 0 Å². The molecule has 0 amide bonds. The Kier molecular flexibility index (Phi) is 7.49. The first-order valence-corrected chi connectivity index (χ1v) is 9.04. The van der Waals surface area contributed by atoms with E-state index in [1.807, 2.05) is 6.20 Å². The number of rotatable bonds is 3. The van der Waals surface area contributed by atoms with Gasteiger partial charge in [-0.05, 0) is 80.1 Å². The number of pyridine rings is 1. The fraction of sp³-hybridized carbons (Fsp3) is 0.318. The second kappa shape index (κ2) is 9.41. The van der Waals surface area contributed by atoms with Crippen LogP contribution in [0.3, 0.4) is 0 Å². The Balaban J connectivity index is 0.00000131. The zero-order valence-electron chi connectivity index (χ0n) is 15.7. The Hall–Kier alpha value is -1.81. The van der Waals surface area contributed by atoms with Crippen molar-refractivity contribution in [3.05, 3.63) is 59.9 Å². The van der Waals surface area contributed by atoms with Crippen LogP contribution in [0.1, 0.15) is 24.1 Å². The highest BCUT2D eigenvalue weighted by atomic mass is 35.5. The number of aromatic nitrogens is 1. The van der Waals surface area contributed by atoms with Crippen molar-refractivity contribution in [2.45, 2.75) is 32.8 Å². The van der Waals surface area contributed by atoms with Gasteiger partial charge < -0.3 is 10.1 Å². The molecule has 0 bridgehead atoms. The Morgan fingerprint density at radius 1 is 0.889 bits per heavy atom. The summed E-state index contributed by atoms with van der Waals surface area (Å²) in [5, 5.41) is 5.88. The number of nitrogens with one attached hydrogen (secondary N) is 1. The molecule has 1 aromatic heterocycles. The van der Waals surface area contributed by atoms with Crippen molar-refractivity contribution in [3.63, 3.8) is 0 Å². The summed E-state index contributed by atoms with van der Waals surface area (Å²) in [5.41, 5.74) is 4.74. The second-order valence-corrected chi connectivity index (χ2v) is 6.88. The zero-order chi connectivity index (χ0) is 17.2. The van der Waals surface area contributed by atoms with Crippen molar-refractivity contribution in [2.75, 3.05) is 13.1 Å². The molecule has 0 atom stereocenters. The highest BCUT2D eigenvalue weighted by molar-refractivity contribution is 5.91. The molecule has 2 heterocycles. The van der Waals surface area contributed by atoms with Crippen molar-refractivity contribution in [1.29, 1.82) is 0 Å². The van der Waals surface area contributed by atoms with Crippen molar-refractivity contribution >= 4 is 35.6 Å². The first kappa shape index (κ1) is 21.5. The average molecular weight is 405 g/mol. The SMILES string of the molecule is Cc1cnc(C)c2ccc(-c3ccc(OC4CCNCC4)cc3)cc12.Cl.Cl. The molecule has 3 aromatic rings. The van der Waals surface area contributed by atoms with Crippen molar-refractivity contribution in [2.24, 2.45) is 0 Å². The molecule has 0 radical (unpaired) electrons. The van der Waals surface area contributed by atoms with Gasteiger partial charge in [-0.3, -0.25) is 4.98 Å². The molecular weight excluding hydrogens is 379 g/mol. The number of halogens is 2. The molecule has 1 aliphatic heterocycles. The van der Waals surface area contributed by atoms with Crippen LogP contribution in [-0.4, -0.2) is 24.2 Å². The summed E-state index contributed by atoms with van der Waals surface area (Å²) in [6.07, 6.45) is 4.46. The number of hydrogen-bond acceptors (Lipinski definition) is 3. The Morgan fingerprint density at radius 2 is 1.56 bits per heavy atom. The molecule has 1 N–H and O–H groups in total. The van der Waals surface area contributed by atoms with E-state index in [-0.39, 0.29) is 24.8 Å². The summed E-state index contributed by atoms with van der Waals surface area (Å²) < 4.78 is 6.10. The fourth-order valence-corrected chi connectivity index (χ4v) is 3.53. The monoisotopic (exact) mass is 404 g/mol. The van der Waals surface area contributed by atoms with Crippen LogP contribution in [0.4, 0.5) is 0 Å².